The van der Waals surface area contributed by atoms with Crippen molar-refractivity contribution >= 4 is 11.5 Å². The molecule has 98 valence electrons. The van der Waals surface area contributed by atoms with Crippen LogP contribution >= 0.6 is 0 Å². The van der Waals surface area contributed by atoms with Crippen LogP contribution in [0.2, 0.25) is 0 Å². The van der Waals surface area contributed by atoms with Gasteiger partial charge in [0.2, 0.25) is 11.7 Å². The van der Waals surface area contributed by atoms with Gasteiger partial charge in [-0.15, -0.1) is 0 Å². The van der Waals surface area contributed by atoms with E-state index in [4.69, 9.17) is 0 Å². The van der Waals surface area contributed by atoms with E-state index in [0.29, 0.717) is 5.69 Å². The first-order valence-corrected chi connectivity index (χ1v) is 5.43. The summed E-state index contributed by atoms with van der Waals surface area (Å²) >= 11 is 0. The number of hydrogen-bond donors (Lipinski definition) is 1. The van der Waals surface area contributed by atoms with E-state index in [1.54, 1.807) is 6.92 Å². The van der Waals surface area contributed by atoms with Crippen LogP contribution in [0.5, 0.6) is 5.88 Å². The zero-order valence-corrected chi connectivity index (χ0v) is 10.3. The highest BCUT2D eigenvalue weighted by Gasteiger charge is 2.22. The second-order valence-corrected chi connectivity index (χ2v) is 4.04. The number of ketones is 1. The van der Waals surface area contributed by atoms with E-state index in [1.807, 2.05) is 0 Å². The van der Waals surface area contributed by atoms with Crippen molar-refractivity contribution in [1.29, 1.82) is 0 Å². The Morgan fingerprint density at radius 3 is 2.68 bits per heavy atom. The minimum atomic E-state index is -0.577. The predicted octanol–water partition coefficient (Wildman–Crippen LogP) is 1.57. The summed E-state index contributed by atoms with van der Waals surface area (Å²) in [5.74, 6) is -0.749. The Kier molecular flexibility index (Phi) is 3.04. The summed E-state index contributed by atoms with van der Waals surface area (Å²) in [5.41, 5.74) is 0.395. The van der Waals surface area contributed by atoms with Crippen molar-refractivity contribution in [3.8, 4) is 5.88 Å². The zero-order chi connectivity index (χ0) is 14.2. The molecule has 0 unspecified atom stereocenters. The summed E-state index contributed by atoms with van der Waals surface area (Å²) in [6, 6.07) is 5.36. The third kappa shape index (κ3) is 2.17. The van der Waals surface area contributed by atoms with Crippen molar-refractivity contribution < 1.29 is 14.8 Å². The SMILES string of the molecule is Cc1nn(C)c(O)c1C(=O)c1cccc([N+](=O)[O-])c1. The van der Waals surface area contributed by atoms with Crippen molar-refractivity contribution in [3.05, 3.63) is 51.2 Å². The number of aromatic hydroxyl groups is 1. The molecule has 1 aromatic carbocycles. The van der Waals surface area contributed by atoms with Crippen molar-refractivity contribution in [2.24, 2.45) is 7.05 Å². The molecule has 0 radical (unpaired) electrons. The number of carbonyl (C=O) groups is 1. The molecular weight excluding hydrogens is 250 g/mol. The number of nitro benzene ring substituents is 1. The van der Waals surface area contributed by atoms with Crippen LogP contribution in [-0.2, 0) is 7.05 Å². The summed E-state index contributed by atoms with van der Waals surface area (Å²) in [6.07, 6.45) is 0. The lowest BCUT2D eigenvalue weighted by Crippen LogP contribution is -2.03. The molecule has 19 heavy (non-hydrogen) atoms. The lowest BCUT2D eigenvalue weighted by molar-refractivity contribution is -0.384. The maximum absolute atomic E-state index is 12.2. The monoisotopic (exact) mass is 261 g/mol. The van der Waals surface area contributed by atoms with Gasteiger partial charge in [0.25, 0.3) is 5.69 Å². The van der Waals surface area contributed by atoms with Crippen LogP contribution < -0.4 is 0 Å². The predicted molar refractivity (Wildman–Crippen MR) is 66.1 cm³/mol. The first kappa shape index (κ1) is 12.7. The Hall–Kier alpha value is -2.70. The Bertz CT molecular complexity index is 676. The topological polar surface area (TPSA) is 98.3 Å². The van der Waals surface area contributed by atoms with E-state index < -0.39 is 10.7 Å². The molecule has 2 aromatic rings. The largest absolute Gasteiger partial charge is 0.493 e. The lowest BCUT2D eigenvalue weighted by atomic mass is 10.0. The maximum Gasteiger partial charge on any atom is 0.270 e. The third-order valence-corrected chi connectivity index (χ3v) is 2.74. The molecule has 0 aliphatic rings. The zero-order valence-electron chi connectivity index (χ0n) is 10.3. The second-order valence-electron chi connectivity index (χ2n) is 4.04. The number of rotatable bonds is 3. The molecule has 0 saturated carbocycles. The number of benzene rings is 1. The van der Waals surface area contributed by atoms with Gasteiger partial charge in [-0.25, -0.2) is 4.68 Å². The van der Waals surface area contributed by atoms with Crippen molar-refractivity contribution in [2.75, 3.05) is 0 Å². The van der Waals surface area contributed by atoms with Gasteiger partial charge in [-0.1, -0.05) is 12.1 Å². The fourth-order valence-electron chi connectivity index (χ4n) is 1.82. The lowest BCUT2D eigenvalue weighted by Gasteiger charge is -2.01. The molecule has 0 spiro atoms. The van der Waals surface area contributed by atoms with Crippen molar-refractivity contribution in [3.63, 3.8) is 0 Å². The molecule has 0 fully saturated rings. The fraction of sp³-hybridized carbons (Fsp3) is 0.167. The molecular formula is C12H11N3O4. The van der Waals surface area contributed by atoms with Crippen molar-refractivity contribution in [1.82, 2.24) is 9.78 Å². The van der Waals surface area contributed by atoms with Gasteiger partial charge in [0.1, 0.15) is 5.56 Å². The molecule has 0 saturated heterocycles. The molecule has 1 aromatic heterocycles. The number of aryl methyl sites for hydroxylation is 2. The smallest absolute Gasteiger partial charge is 0.270 e. The molecule has 7 nitrogen and oxygen atoms in total. The molecule has 0 aliphatic heterocycles. The van der Waals surface area contributed by atoms with E-state index in [-0.39, 0.29) is 22.7 Å². The summed E-state index contributed by atoms with van der Waals surface area (Å²) in [7, 11) is 1.51. The molecule has 1 heterocycles. The van der Waals surface area contributed by atoms with E-state index in [9.17, 15) is 20.0 Å². The van der Waals surface area contributed by atoms with Gasteiger partial charge in [0.05, 0.1) is 10.6 Å². The summed E-state index contributed by atoms with van der Waals surface area (Å²) in [5, 5.41) is 24.4. The van der Waals surface area contributed by atoms with Gasteiger partial charge < -0.3 is 5.11 Å². The van der Waals surface area contributed by atoms with Gasteiger partial charge in [0.15, 0.2) is 0 Å². The minimum Gasteiger partial charge on any atom is -0.493 e. The Labute approximate surface area is 108 Å². The van der Waals surface area contributed by atoms with Gasteiger partial charge in [-0.2, -0.15) is 5.10 Å². The summed E-state index contributed by atoms with van der Waals surface area (Å²) in [4.78, 5) is 22.3. The Morgan fingerprint density at radius 1 is 1.47 bits per heavy atom. The number of nitrogens with zero attached hydrogens (tertiary/aromatic N) is 3. The first-order valence-electron chi connectivity index (χ1n) is 5.43. The van der Waals surface area contributed by atoms with Crippen LogP contribution in [0.4, 0.5) is 5.69 Å². The molecule has 0 aliphatic carbocycles. The highest BCUT2D eigenvalue weighted by atomic mass is 16.6. The minimum absolute atomic E-state index is 0.0583. The van der Waals surface area contributed by atoms with Gasteiger partial charge >= 0.3 is 0 Å². The normalized spacial score (nSPS) is 10.4. The van der Waals surface area contributed by atoms with Crippen LogP contribution in [0.1, 0.15) is 21.6 Å². The molecule has 0 amide bonds. The Morgan fingerprint density at radius 2 is 2.16 bits per heavy atom. The molecule has 7 heteroatoms. The van der Waals surface area contributed by atoms with E-state index in [1.165, 1.54) is 36.0 Å². The molecule has 1 N–H and O–H groups in total. The van der Waals surface area contributed by atoms with Crippen LogP contribution in [0.15, 0.2) is 24.3 Å². The third-order valence-electron chi connectivity index (χ3n) is 2.74. The molecule has 0 bridgehead atoms. The number of carbonyl (C=O) groups excluding carboxylic acids is 1. The number of hydrogen-bond acceptors (Lipinski definition) is 5. The number of nitro groups is 1. The Balaban J connectivity index is 2.50. The summed E-state index contributed by atoms with van der Waals surface area (Å²) < 4.78 is 1.18. The van der Waals surface area contributed by atoms with Crippen LogP contribution in [0.25, 0.3) is 0 Å². The highest BCUT2D eigenvalue weighted by Crippen LogP contribution is 2.24. The standard InChI is InChI=1S/C12H11N3O4/c1-7-10(12(17)14(2)13-7)11(16)8-4-3-5-9(6-8)15(18)19/h3-6,17H,1-2H3. The highest BCUT2D eigenvalue weighted by molar-refractivity contribution is 6.11. The van der Waals surface area contributed by atoms with Crippen LogP contribution in [0, 0.1) is 17.0 Å². The summed E-state index contributed by atoms with van der Waals surface area (Å²) in [6.45, 7) is 1.59. The van der Waals surface area contributed by atoms with E-state index >= 15 is 0 Å². The second kappa shape index (κ2) is 4.52. The number of non-ortho nitro benzene ring substituents is 1. The number of aromatic nitrogens is 2. The quantitative estimate of drug-likeness (QED) is 0.513. The fourth-order valence-corrected chi connectivity index (χ4v) is 1.82. The van der Waals surface area contributed by atoms with Gasteiger partial charge in [0, 0.05) is 24.7 Å². The van der Waals surface area contributed by atoms with E-state index in [2.05, 4.69) is 5.10 Å². The van der Waals surface area contributed by atoms with E-state index in [0.717, 1.165) is 0 Å². The first-order chi connectivity index (χ1) is 8.91. The maximum atomic E-state index is 12.2. The molecule has 2 rings (SSSR count). The van der Waals surface area contributed by atoms with Crippen LogP contribution in [-0.4, -0.2) is 25.6 Å². The van der Waals surface area contributed by atoms with Crippen LogP contribution in [0.3, 0.4) is 0 Å². The van der Waals surface area contributed by atoms with Gasteiger partial charge in [-0.3, -0.25) is 14.9 Å². The molecule has 0 atom stereocenters. The van der Waals surface area contributed by atoms with Crippen molar-refractivity contribution in [2.45, 2.75) is 6.92 Å². The van der Waals surface area contributed by atoms with Gasteiger partial charge in [-0.05, 0) is 6.92 Å². The average Bonchev–Trinajstić information content (AvgIpc) is 2.62. The average molecular weight is 261 g/mol.